The average molecular weight is 294 g/mol. The number of aromatic nitrogens is 1. The van der Waals surface area contributed by atoms with Gasteiger partial charge in [0.2, 0.25) is 5.91 Å². The van der Waals surface area contributed by atoms with Crippen molar-refractivity contribution in [1.29, 1.82) is 0 Å². The molecule has 1 aromatic rings. The van der Waals surface area contributed by atoms with Gasteiger partial charge in [-0.3, -0.25) is 4.79 Å². The number of alkyl halides is 3. The first kappa shape index (κ1) is 13.9. The Morgan fingerprint density at radius 1 is 1.42 bits per heavy atom. The number of halogens is 4. The second-order valence-corrected chi connectivity index (χ2v) is 4.64. The van der Waals surface area contributed by atoms with Gasteiger partial charge < -0.3 is 10.6 Å². The molecule has 8 heteroatoms. The van der Waals surface area contributed by atoms with Crippen molar-refractivity contribution in [3.05, 3.63) is 22.8 Å². The average Bonchev–Trinajstić information content (AvgIpc) is 3.08. The highest BCUT2D eigenvalue weighted by atomic mass is 35.5. The molecule has 1 aliphatic carbocycles. The molecule has 0 bridgehead atoms. The summed E-state index contributed by atoms with van der Waals surface area (Å²) < 4.78 is 37.6. The van der Waals surface area contributed by atoms with E-state index in [9.17, 15) is 18.0 Å². The fourth-order valence-electron chi connectivity index (χ4n) is 1.43. The van der Waals surface area contributed by atoms with Crippen LogP contribution in [0.1, 0.15) is 18.4 Å². The molecule has 2 rings (SSSR count). The van der Waals surface area contributed by atoms with Crippen molar-refractivity contribution in [2.45, 2.75) is 25.1 Å². The van der Waals surface area contributed by atoms with Crippen LogP contribution in [0.5, 0.6) is 0 Å². The van der Waals surface area contributed by atoms with Gasteiger partial charge in [-0.1, -0.05) is 11.6 Å². The summed E-state index contributed by atoms with van der Waals surface area (Å²) >= 11 is 5.51. The monoisotopic (exact) mass is 293 g/mol. The van der Waals surface area contributed by atoms with Crippen LogP contribution in [0.25, 0.3) is 0 Å². The van der Waals surface area contributed by atoms with Gasteiger partial charge in [0, 0.05) is 6.04 Å². The van der Waals surface area contributed by atoms with E-state index in [0.717, 1.165) is 25.0 Å². The molecule has 0 atom stereocenters. The van der Waals surface area contributed by atoms with Crippen molar-refractivity contribution in [3.63, 3.8) is 0 Å². The Kier molecular flexibility index (Phi) is 3.84. The number of carbonyl (C=O) groups excluding carboxylic acids is 1. The molecule has 1 aliphatic rings. The van der Waals surface area contributed by atoms with Crippen LogP contribution in [0.15, 0.2) is 12.1 Å². The van der Waals surface area contributed by atoms with E-state index in [1.54, 1.807) is 0 Å². The van der Waals surface area contributed by atoms with E-state index in [0.29, 0.717) is 0 Å². The van der Waals surface area contributed by atoms with Crippen LogP contribution in [-0.4, -0.2) is 23.5 Å². The number of hydrogen-bond donors (Lipinski definition) is 2. The van der Waals surface area contributed by atoms with Crippen molar-refractivity contribution in [3.8, 4) is 0 Å². The van der Waals surface area contributed by atoms with Gasteiger partial charge >= 0.3 is 6.18 Å². The molecule has 0 aliphatic heterocycles. The maximum atomic E-state index is 12.5. The Balaban J connectivity index is 1.99. The first-order valence-electron chi connectivity index (χ1n) is 5.62. The molecular formula is C11H11ClF3N3O. The second kappa shape index (κ2) is 5.24. The Labute approximate surface area is 112 Å². The van der Waals surface area contributed by atoms with E-state index in [-0.39, 0.29) is 29.5 Å². The molecule has 0 unspecified atom stereocenters. The Morgan fingerprint density at radius 3 is 2.68 bits per heavy atom. The largest absolute Gasteiger partial charge is 0.416 e. The lowest BCUT2D eigenvalue weighted by Gasteiger charge is -2.10. The standard InChI is InChI=1S/C11H11ClF3N3O/c12-8-3-6(11(13,14)15)4-9(18-8)16-5-10(19)17-7-1-2-7/h3-4,7H,1-2,5H2,(H,16,18)(H,17,19). The lowest BCUT2D eigenvalue weighted by Crippen LogP contribution is -2.31. The summed E-state index contributed by atoms with van der Waals surface area (Å²) in [6.07, 6.45) is -2.61. The summed E-state index contributed by atoms with van der Waals surface area (Å²) in [5.41, 5.74) is -0.905. The number of amides is 1. The van der Waals surface area contributed by atoms with Crippen LogP contribution in [-0.2, 0) is 11.0 Å². The third-order valence-corrected chi connectivity index (χ3v) is 2.69. The minimum absolute atomic E-state index is 0.0780. The second-order valence-electron chi connectivity index (χ2n) is 4.26. The first-order valence-corrected chi connectivity index (χ1v) is 6.00. The lowest BCUT2D eigenvalue weighted by atomic mass is 10.2. The highest BCUT2D eigenvalue weighted by molar-refractivity contribution is 6.29. The SMILES string of the molecule is O=C(CNc1cc(C(F)(F)F)cc(Cl)n1)NC1CC1. The minimum atomic E-state index is -4.50. The molecule has 0 spiro atoms. The van der Waals surface area contributed by atoms with Gasteiger partial charge in [0.1, 0.15) is 11.0 Å². The molecule has 1 fully saturated rings. The highest BCUT2D eigenvalue weighted by Gasteiger charge is 2.31. The molecule has 2 N–H and O–H groups in total. The van der Waals surface area contributed by atoms with Gasteiger partial charge in [0.15, 0.2) is 0 Å². The van der Waals surface area contributed by atoms with Crippen LogP contribution in [0, 0.1) is 0 Å². The number of anilines is 1. The van der Waals surface area contributed by atoms with Gasteiger partial charge in [-0.05, 0) is 25.0 Å². The van der Waals surface area contributed by atoms with E-state index < -0.39 is 11.7 Å². The maximum absolute atomic E-state index is 12.5. The molecule has 1 saturated carbocycles. The predicted molar refractivity (Wildman–Crippen MR) is 63.9 cm³/mol. The maximum Gasteiger partial charge on any atom is 0.416 e. The third kappa shape index (κ3) is 4.27. The normalized spacial score (nSPS) is 15.2. The number of hydrogen-bond acceptors (Lipinski definition) is 3. The Hall–Kier alpha value is -1.50. The van der Waals surface area contributed by atoms with E-state index in [4.69, 9.17) is 11.6 Å². The van der Waals surface area contributed by atoms with Crippen LogP contribution >= 0.6 is 11.6 Å². The van der Waals surface area contributed by atoms with Gasteiger partial charge in [-0.25, -0.2) is 4.98 Å². The summed E-state index contributed by atoms with van der Waals surface area (Å²) in [5, 5.41) is 4.94. The molecule has 4 nitrogen and oxygen atoms in total. The summed E-state index contributed by atoms with van der Waals surface area (Å²) in [4.78, 5) is 15.1. The van der Waals surface area contributed by atoms with Crippen molar-refractivity contribution in [1.82, 2.24) is 10.3 Å². The van der Waals surface area contributed by atoms with E-state index in [2.05, 4.69) is 15.6 Å². The Morgan fingerprint density at radius 2 is 2.11 bits per heavy atom. The zero-order chi connectivity index (χ0) is 14.0. The predicted octanol–water partition coefficient (Wildman–Crippen LogP) is 2.44. The van der Waals surface area contributed by atoms with Crippen LogP contribution in [0.2, 0.25) is 5.15 Å². The number of carbonyl (C=O) groups is 1. The summed E-state index contributed by atoms with van der Waals surface area (Å²) in [6, 6.07) is 1.75. The molecule has 1 heterocycles. The fourth-order valence-corrected chi connectivity index (χ4v) is 1.64. The molecular weight excluding hydrogens is 283 g/mol. The molecule has 1 amide bonds. The minimum Gasteiger partial charge on any atom is -0.361 e. The van der Waals surface area contributed by atoms with Crippen molar-refractivity contribution >= 4 is 23.3 Å². The fraction of sp³-hybridized carbons (Fsp3) is 0.455. The van der Waals surface area contributed by atoms with E-state index in [1.165, 1.54) is 0 Å². The number of rotatable bonds is 4. The first-order chi connectivity index (χ1) is 8.84. The van der Waals surface area contributed by atoms with Crippen LogP contribution in [0.4, 0.5) is 19.0 Å². The quantitative estimate of drug-likeness (QED) is 0.839. The smallest absolute Gasteiger partial charge is 0.361 e. The molecule has 104 valence electrons. The zero-order valence-electron chi connectivity index (χ0n) is 9.72. The highest BCUT2D eigenvalue weighted by Crippen LogP contribution is 2.31. The topological polar surface area (TPSA) is 54.0 Å². The van der Waals surface area contributed by atoms with Crippen LogP contribution in [0.3, 0.4) is 0 Å². The lowest BCUT2D eigenvalue weighted by molar-refractivity contribution is -0.137. The zero-order valence-corrected chi connectivity index (χ0v) is 10.5. The number of pyridine rings is 1. The van der Waals surface area contributed by atoms with Gasteiger partial charge in [0.05, 0.1) is 12.1 Å². The van der Waals surface area contributed by atoms with Crippen LogP contribution < -0.4 is 10.6 Å². The molecule has 0 aromatic carbocycles. The van der Waals surface area contributed by atoms with Gasteiger partial charge in [-0.15, -0.1) is 0 Å². The molecule has 0 radical (unpaired) electrons. The van der Waals surface area contributed by atoms with Crippen molar-refractivity contribution in [2.75, 3.05) is 11.9 Å². The van der Waals surface area contributed by atoms with E-state index >= 15 is 0 Å². The molecule has 19 heavy (non-hydrogen) atoms. The third-order valence-electron chi connectivity index (χ3n) is 2.49. The van der Waals surface area contributed by atoms with Crippen molar-refractivity contribution in [2.24, 2.45) is 0 Å². The molecule has 0 saturated heterocycles. The van der Waals surface area contributed by atoms with Gasteiger partial charge in [0.25, 0.3) is 0 Å². The summed E-state index contributed by atoms with van der Waals surface area (Å²) in [7, 11) is 0. The number of nitrogens with zero attached hydrogens (tertiary/aromatic N) is 1. The summed E-state index contributed by atoms with van der Waals surface area (Å²) in [6.45, 7) is -0.138. The van der Waals surface area contributed by atoms with Crippen molar-refractivity contribution < 1.29 is 18.0 Å². The summed E-state index contributed by atoms with van der Waals surface area (Å²) in [5.74, 6) is -0.358. The van der Waals surface area contributed by atoms with E-state index in [1.807, 2.05) is 0 Å². The Bertz CT molecular complexity index is 489. The van der Waals surface area contributed by atoms with Gasteiger partial charge in [-0.2, -0.15) is 13.2 Å². The number of nitrogens with one attached hydrogen (secondary N) is 2. The molecule has 1 aromatic heterocycles.